The maximum Gasteiger partial charge on any atom is 0.254 e. The van der Waals surface area contributed by atoms with Crippen molar-refractivity contribution in [1.82, 2.24) is 4.90 Å². The lowest BCUT2D eigenvalue weighted by atomic mass is 9.89. The molecule has 2 rings (SSSR count). The van der Waals surface area contributed by atoms with Crippen molar-refractivity contribution < 1.29 is 19.4 Å². The Morgan fingerprint density at radius 3 is 2.27 bits per heavy atom. The highest BCUT2D eigenvalue weighted by Crippen LogP contribution is 2.30. The van der Waals surface area contributed by atoms with E-state index in [9.17, 15) is 14.7 Å². The summed E-state index contributed by atoms with van der Waals surface area (Å²) in [7, 11) is 0. The summed E-state index contributed by atoms with van der Waals surface area (Å²) in [5, 5.41) is 9.41. The van der Waals surface area contributed by atoms with Crippen LogP contribution in [0.15, 0.2) is 12.2 Å². The Morgan fingerprint density at radius 1 is 1.27 bits per heavy atom. The van der Waals surface area contributed by atoms with Crippen LogP contribution in [0.2, 0.25) is 0 Å². The van der Waals surface area contributed by atoms with E-state index in [1.165, 1.54) is 12.2 Å². The second-order valence-electron chi connectivity index (χ2n) is 3.84. The highest BCUT2D eigenvalue weighted by molar-refractivity contribution is 6.13. The second-order valence-corrected chi connectivity index (χ2v) is 3.84. The average molecular weight is 211 g/mol. The minimum absolute atomic E-state index is 0.199. The minimum atomic E-state index is -0.754. The van der Waals surface area contributed by atoms with Gasteiger partial charge < -0.3 is 9.84 Å². The number of aliphatic hydroxyl groups is 1. The fourth-order valence-corrected chi connectivity index (χ4v) is 2.07. The molecule has 0 atom stereocenters. The summed E-state index contributed by atoms with van der Waals surface area (Å²) in [4.78, 5) is 24.2. The van der Waals surface area contributed by atoms with Crippen LogP contribution in [-0.2, 0) is 14.3 Å². The molecular formula is C10H13NO4. The Balaban J connectivity index is 2.25. The van der Waals surface area contributed by atoms with Crippen molar-refractivity contribution in [2.24, 2.45) is 0 Å². The number of hydrogen-bond donors (Lipinski definition) is 1. The molecule has 0 aromatic carbocycles. The molecule has 1 saturated heterocycles. The van der Waals surface area contributed by atoms with Gasteiger partial charge in [0, 0.05) is 25.4 Å². The molecule has 0 radical (unpaired) electrons. The number of aliphatic hydroxyl groups excluding tert-OH is 1. The largest absolute Gasteiger partial charge is 0.394 e. The van der Waals surface area contributed by atoms with Gasteiger partial charge in [-0.25, -0.2) is 0 Å². The topological polar surface area (TPSA) is 66.8 Å². The molecule has 1 N–H and O–H groups in total. The molecule has 5 heteroatoms. The molecule has 82 valence electrons. The van der Waals surface area contributed by atoms with Gasteiger partial charge in [-0.05, 0) is 12.8 Å². The van der Waals surface area contributed by atoms with E-state index in [4.69, 9.17) is 4.74 Å². The van der Waals surface area contributed by atoms with E-state index in [1.54, 1.807) is 0 Å². The second kappa shape index (κ2) is 3.75. The van der Waals surface area contributed by atoms with Crippen LogP contribution in [0.1, 0.15) is 12.8 Å². The van der Waals surface area contributed by atoms with Crippen molar-refractivity contribution in [1.29, 1.82) is 0 Å². The van der Waals surface area contributed by atoms with Gasteiger partial charge in [-0.2, -0.15) is 0 Å². The normalized spacial score (nSPS) is 25.0. The summed E-state index contributed by atoms with van der Waals surface area (Å²) in [5.74, 6) is -0.674. The van der Waals surface area contributed by atoms with Crippen LogP contribution >= 0.6 is 0 Å². The molecular weight excluding hydrogens is 198 g/mol. The molecule has 0 aromatic rings. The molecule has 0 aromatic heterocycles. The van der Waals surface area contributed by atoms with Gasteiger partial charge in [0.25, 0.3) is 11.8 Å². The first-order chi connectivity index (χ1) is 7.19. The highest BCUT2D eigenvalue weighted by Gasteiger charge is 2.44. The van der Waals surface area contributed by atoms with Crippen molar-refractivity contribution >= 4 is 11.8 Å². The van der Waals surface area contributed by atoms with Crippen LogP contribution in [-0.4, -0.2) is 47.2 Å². The SMILES string of the molecule is O=C1C=CC(=O)N1C1(CO)CCOCC1. The monoisotopic (exact) mass is 211 g/mol. The summed E-state index contributed by atoms with van der Waals surface area (Å²) >= 11 is 0. The van der Waals surface area contributed by atoms with E-state index in [0.717, 1.165) is 4.90 Å². The van der Waals surface area contributed by atoms with Crippen molar-refractivity contribution in [3.63, 3.8) is 0 Å². The average Bonchev–Trinajstić information content (AvgIpc) is 2.60. The molecule has 2 aliphatic rings. The van der Waals surface area contributed by atoms with E-state index in [0.29, 0.717) is 26.1 Å². The summed E-state index contributed by atoms with van der Waals surface area (Å²) in [6.45, 7) is 0.741. The summed E-state index contributed by atoms with van der Waals surface area (Å²) < 4.78 is 5.18. The number of amides is 2. The van der Waals surface area contributed by atoms with E-state index < -0.39 is 5.54 Å². The van der Waals surface area contributed by atoms with Crippen LogP contribution in [0.5, 0.6) is 0 Å². The Labute approximate surface area is 87.3 Å². The Bertz CT molecular complexity index is 299. The van der Waals surface area contributed by atoms with Crippen molar-refractivity contribution in [3.8, 4) is 0 Å². The molecule has 1 fully saturated rings. The van der Waals surface area contributed by atoms with Crippen LogP contribution in [0, 0.1) is 0 Å². The van der Waals surface area contributed by atoms with Crippen molar-refractivity contribution in [3.05, 3.63) is 12.2 Å². The summed E-state index contributed by atoms with van der Waals surface area (Å²) in [6.07, 6.45) is 3.50. The molecule has 2 heterocycles. The first-order valence-electron chi connectivity index (χ1n) is 4.94. The Morgan fingerprint density at radius 2 is 1.80 bits per heavy atom. The van der Waals surface area contributed by atoms with E-state index in [1.807, 2.05) is 0 Å². The molecule has 0 saturated carbocycles. The van der Waals surface area contributed by atoms with Crippen LogP contribution in [0.25, 0.3) is 0 Å². The third-order valence-corrected chi connectivity index (χ3v) is 3.00. The number of imide groups is 1. The maximum absolute atomic E-state index is 11.5. The lowest BCUT2D eigenvalue weighted by molar-refractivity contribution is -0.151. The maximum atomic E-state index is 11.5. The van der Waals surface area contributed by atoms with Crippen molar-refractivity contribution in [2.45, 2.75) is 18.4 Å². The van der Waals surface area contributed by atoms with Gasteiger partial charge in [-0.1, -0.05) is 0 Å². The zero-order chi connectivity index (χ0) is 10.9. The summed E-state index contributed by atoms with van der Waals surface area (Å²) in [6, 6.07) is 0. The predicted molar refractivity (Wildman–Crippen MR) is 50.9 cm³/mol. The van der Waals surface area contributed by atoms with E-state index >= 15 is 0 Å². The number of hydrogen-bond acceptors (Lipinski definition) is 4. The highest BCUT2D eigenvalue weighted by atomic mass is 16.5. The minimum Gasteiger partial charge on any atom is -0.394 e. The molecule has 5 nitrogen and oxygen atoms in total. The van der Waals surface area contributed by atoms with Gasteiger partial charge in [0.15, 0.2) is 0 Å². The van der Waals surface area contributed by atoms with Gasteiger partial charge >= 0.3 is 0 Å². The standard InChI is InChI=1S/C10H13NO4/c12-7-10(3-5-15-6-4-10)11-8(13)1-2-9(11)14/h1-2,12H,3-7H2. The number of carbonyl (C=O) groups is 2. The lowest BCUT2D eigenvalue weighted by Crippen LogP contribution is -2.57. The van der Waals surface area contributed by atoms with Crippen LogP contribution in [0.3, 0.4) is 0 Å². The van der Waals surface area contributed by atoms with Gasteiger partial charge in [-0.15, -0.1) is 0 Å². The molecule has 2 aliphatic heterocycles. The molecule has 0 bridgehead atoms. The molecule has 0 aliphatic carbocycles. The van der Waals surface area contributed by atoms with Crippen LogP contribution in [0.4, 0.5) is 0 Å². The fourth-order valence-electron chi connectivity index (χ4n) is 2.07. The molecule has 0 spiro atoms. The first kappa shape index (κ1) is 10.3. The zero-order valence-corrected chi connectivity index (χ0v) is 8.31. The zero-order valence-electron chi connectivity index (χ0n) is 8.31. The van der Waals surface area contributed by atoms with Gasteiger partial charge in [0.1, 0.15) is 0 Å². The first-order valence-corrected chi connectivity index (χ1v) is 4.94. The smallest absolute Gasteiger partial charge is 0.254 e. The van der Waals surface area contributed by atoms with Crippen molar-refractivity contribution in [2.75, 3.05) is 19.8 Å². The third kappa shape index (κ3) is 1.57. The van der Waals surface area contributed by atoms with E-state index in [-0.39, 0.29) is 18.4 Å². The van der Waals surface area contributed by atoms with Gasteiger partial charge in [-0.3, -0.25) is 14.5 Å². The summed E-state index contributed by atoms with van der Waals surface area (Å²) in [5.41, 5.74) is -0.754. The molecule has 15 heavy (non-hydrogen) atoms. The quantitative estimate of drug-likeness (QED) is 0.622. The lowest BCUT2D eigenvalue weighted by Gasteiger charge is -2.41. The number of ether oxygens (including phenoxy) is 1. The number of rotatable bonds is 2. The fraction of sp³-hybridized carbons (Fsp3) is 0.600. The van der Waals surface area contributed by atoms with Gasteiger partial charge in [0.05, 0.1) is 12.1 Å². The molecule has 2 amide bonds. The Kier molecular flexibility index (Phi) is 2.58. The molecule has 0 unspecified atom stereocenters. The van der Waals surface area contributed by atoms with E-state index in [2.05, 4.69) is 0 Å². The number of nitrogens with zero attached hydrogens (tertiary/aromatic N) is 1. The third-order valence-electron chi connectivity index (χ3n) is 3.00. The predicted octanol–water partition coefficient (Wildman–Crippen LogP) is -0.547. The van der Waals surface area contributed by atoms with Crippen LogP contribution < -0.4 is 0 Å². The van der Waals surface area contributed by atoms with Gasteiger partial charge in [0.2, 0.25) is 0 Å². The Hall–Kier alpha value is -1.20. The number of carbonyl (C=O) groups excluding carboxylic acids is 2.